The van der Waals surface area contributed by atoms with Gasteiger partial charge in [-0.05, 0) is 13.8 Å². The van der Waals surface area contributed by atoms with Crippen LogP contribution < -0.4 is 5.32 Å². The first-order chi connectivity index (χ1) is 12.2. The van der Waals surface area contributed by atoms with Crippen LogP contribution in [-0.4, -0.2) is 82.6 Å². The highest BCUT2D eigenvalue weighted by Crippen LogP contribution is 2.33. The van der Waals surface area contributed by atoms with E-state index < -0.39 is 17.2 Å². The molecule has 1 saturated heterocycles. The van der Waals surface area contributed by atoms with Crippen molar-refractivity contribution in [1.82, 2.24) is 24.9 Å². The highest BCUT2D eigenvalue weighted by atomic mass is 32.1. The molecule has 146 valence electrons. The highest BCUT2D eigenvalue weighted by Gasteiger charge is 2.36. The Balaban J connectivity index is 1.81. The lowest BCUT2D eigenvalue weighted by atomic mass is 10.3. The van der Waals surface area contributed by atoms with Crippen LogP contribution in [0.25, 0.3) is 0 Å². The smallest absolute Gasteiger partial charge is 0.342 e. The minimum Gasteiger partial charge on any atom is -0.342 e. The van der Waals surface area contributed by atoms with Crippen molar-refractivity contribution in [2.45, 2.75) is 20.0 Å². The predicted molar refractivity (Wildman–Crippen MR) is 89.9 cm³/mol. The van der Waals surface area contributed by atoms with Crippen LogP contribution in [0.2, 0.25) is 0 Å². The molecule has 0 unspecified atom stereocenters. The van der Waals surface area contributed by atoms with E-state index in [1.807, 2.05) is 18.7 Å². The lowest BCUT2D eigenvalue weighted by molar-refractivity contribution is -0.138. The number of aromatic nitrogens is 2. The second kappa shape index (κ2) is 8.62. The topological polar surface area (TPSA) is 81.7 Å². The fourth-order valence-corrected chi connectivity index (χ4v) is 3.14. The lowest BCUT2D eigenvalue weighted by Crippen LogP contribution is -2.52. The molecule has 0 radical (unpaired) electrons. The maximum Gasteiger partial charge on any atom is 0.445 e. The number of rotatable bonds is 5. The number of likely N-dealkylation sites (N-methyl/N-ethyl adjacent to an activating group) is 1. The molecule has 0 bridgehead atoms. The molecular formula is C14H21F3N6O2S. The fraction of sp³-hybridized carbons (Fsp3) is 0.714. The summed E-state index contributed by atoms with van der Waals surface area (Å²) in [6.45, 7) is 7.23. The van der Waals surface area contributed by atoms with Gasteiger partial charge in [0.15, 0.2) is 0 Å². The Morgan fingerprint density at radius 3 is 2.27 bits per heavy atom. The molecular weight excluding hydrogens is 373 g/mol. The van der Waals surface area contributed by atoms with Crippen LogP contribution in [-0.2, 0) is 11.0 Å². The van der Waals surface area contributed by atoms with E-state index in [2.05, 4.69) is 15.5 Å². The maximum atomic E-state index is 12.5. The van der Waals surface area contributed by atoms with Gasteiger partial charge >= 0.3 is 12.2 Å². The zero-order valence-electron chi connectivity index (χ0n) is 14.5. The zero-order valence-corrected chi connectivity index (χ0v) is 15.4. The average Bonchev–Trinajstić information content (AvgIpc) is 3.05. The molecule has 1 aromatic rings. The van der Waals surface area contributed by atoms with Crippen molar-refractivity contribution in [3.8, 4) is 0 Å². The first-order valence-corrected chi connectivity index (χ1v) is 9.03. The van der Waals surface area contributed by atoms with Crippen LogP contribution >= 0.6 is 11.3 Å². The number of hydrogen-bond donors (Lipinski definition) is 1. The minimum absolute atomic E-state index is 0.0430. The van der Waals surface area contributed by atoms with Crippen LogP contribution in [0.4, 0.5) is 23.1 Å². The van der Waals surface area contributed by atoms with Crippen LogP contribution in [0.3, 0.4) is 0 Å². The SMILES string of the molecule is CCN(CC)C(=O)CN1CCN(C(=O)Nc2nnc(C(F)(F)F)s2)CC1. The Kier molecular flexibility index (Phi) is 6.75. The second-order valence-electron chi connectivity index (χ2n) is 5.67. The molecule has 8 nitrogen and oxygen atoms in total. The third-order valence-electron chi connectivity index (χ3n) is 4.02. The monoisotopic (exact) mass is 394 g/mol. The van der Waals surface area contributed by atoms with Gasteiger partial charge in [0.05, 0.1) is 6.54 Å². The van der Waals surface area contributed by atoms with Crippen molar-refractivity contribution in [2.75, 3.05) is 51.1 Å². The predicted octanol–water partition coefficient (Wildman–Crippen LogP) is 1.57. The number of urea groups is 1. The molecule has 0 aliphatic carbocycles. The van der Waals surface area contributed by atoms with Gasteiger partial charge in [0.25, 0.3) is 0 Å². The van der Waals surface area contributed by atoms with Crippen molar-refractivity contribution in [1.29, 1.82) is 0 Å². The van der Waals surface area contributed by atoms with Gasteiger partial charge in [0.1, 0.15) is 0 Å². The molecule has 1 aliphatic heterocycles. The van der Waals surface area contributed by atoms with Crippen LogP contribution in [0.5, 0.6) is 0 Å². The van der Waals surface area contributed by atoms with E-state index >= 15 is 0 Å². The number of carbonyl (C=O) groups is 2. The summed E-state index contributed by atoms with van der Waals surface area (Å²) < 4.78 is 37.5. The molecule has 1 aliphatic rings. The van der Waals surface area contributed by atoms with Gasteiger partial charge in [-0.25, -0.2) is 4.79 Å². The number of nitrogens with one attached hydrogen (secondary N) is 1. The summed E-state index contributed by atoms with van der Waals surface area (Å²) in [5.41, 5.74) is 0. The van der Waals surface area contributed by atoms with Crippen LogP contribution in [0.1, 0.15) is 18.9 Å². The van der Waals surface area contributed by atoms with Gasteiger partial charge in [-0.15, -0.1) is 10.2 Å². The first kappa shape index (κ1) is 20.4. The van der Waals surface area contributed by atoms with Crippen LogP contribution in [0.15, 0.2) is 0 Å². The lowest BCUT2D eigenvalue weighted by Gasteiger charge is -2.34. The molecule has 2 rings (SSSR count). The van der Waals surface area contributed by atoms with Gasteiger partial charge in [0.2, 0.25) is 16.0 Å². The standard InChI is InChI=1S/C14H21F3N6O2S/c1-3-22(4-2)10(24)9-21-5-7-23(8-6-21)13(25)18-12-20-19-11(26-12)14(15,16)17/h3-9H2,1-2H3,(H,18,20,25). The summed E-state index contributed by atoms with van der Waals surface area (Å²) in [7, 11) is 0. The minimum atomic E-state index is -4.58. The molecule has 12 heteroatoms. The Bertz CT molecular complexity index is 626. The van der Waals surface area contributed by atoms with E-state index in [0.29, 0.717) is 45.8 Å². The number of piperazine rings is 1. The van der Waals surface area contributed by atoms with Crippen molar-refractivity contribution in [3.63, 3.8) is 0 Å². The Morgan fingerprint density at radius 1 is 1.15 bits per heavy atom. The number of alkyl halides is 3. The molecule has 0 atom stereocenters. The van der Waals surface area contributed by atoms with E-state index in [0.717, 1.165) is 0 Å². The number of nitrogens with zero attached hydrogens (tertiary/aromatic N) is 5. The van der Waals surface area contributed by atoms with Crippen molar-refractivity contribution < 1.29 is 22.8 Å². The highest BCUT2D eigenvalue weighted by molar-refractivity contribution is 7.15. The number of hydrogen-bond acceptors (Lipinski definition) is 6. The maximum absolute atomic E-state index is 12.5. The van der Waals surface area contributed by atoms with E-state index in [1.54, 1.807) is 4.90 Å². The summed E-state index contributed by atoms with van der Waals surface area (Å²) >= 11 is 0.283. The molecule has 1 N–H and O–H groups in total. The molecule has 26 heavy (non-hydrogen) atoms. The van der Waals surface area contributed by atoms with E-state index in [1.165, 1.54) is 4.90 Å². The van der Waals surface area contributed by atoms with E-state index in [4.69, 9.17) is 0 Å². The van der Waals surface area contributed by atoms with Gasteiger partial charge in [0, 0.05) is 39.3 Å². The molecule has 0 spiro atoms. The summed E-state index contributed by atoms with van der Waals surface area (Å²) in [5, 5.41) is 7.40. The first-order valence-electron chi connectivity index (χ1n) is 8.21. The largest absolute Gasteiger partial charge is 0.445 e. The average molecular weight is 394 g/mol. The molecule has 2 heterocycles. The number of halogens is 3. The van der Waals surface area contributed by atoms with Gasteiger partial charge in [-0.2, -0.15) is 13.2 Å². The fourth-order valence-electron chi connectivity index (χ4n) is 2.54. The summed E-state index contributed by atoms with van der Waals surface area (Å²) in [6, 6.07) is -0.524. The Labute approximate surface area is 153 Å². The van der Waals surface area contributed by atoms with Gasteiger partial charge in [-0.3, -0.25) is 15.0 Å². The van der Waals surface area contributed by atoms with Gasteiger partial charge in [-0.1, -0.05) is 11.3 Å². The molecule has 0 aromatic carbocycles. The summed E-state index contributed by atoms with van der Waals surface area (Å²) in [5.74, 6) is 0.0430. The molecule has 0 saturated carbocycles. The Morgan fingerprint density at radius 2 is 1.77 bits per heavy atom. The third-order valence-corrected chi connectivity index (χ3v) is 4.90. The summed E-state index contributed by atoms with van der Waals surface area (Å²) in [4.78, 5) is 29.4. The molecule has 1 aromatic heterocycles. The van der Waals surface area contributed by atoms with E-state index in [-0.39, 0.29) is 22.4 Å². The summed E-state index contributed by atoms with van der Waals surface area (Å²) in [6.07, 6.45) is -4.58. The van der Waals surface area contributed by atoms with E-state index in [9.17, 15) is 22.8 Å². The number of amides is 3. The van der Waals surface area contributed by atoms with Crippen molar-refractivity contribution >= 4 is 28.4 Å². The zero-order chi connectivity index (χ0) is 19.3. The normalized spacial score (nSPS) is 15.8. The Hall–Kier alpha value is -1.95. The second-order valence-corrected chi connectivity index (χ2v) is 6.65. The van der Waals surface area contributed by atoms with Crippen molar-refractivity contribution in [3.05, 3.63) is 5.01 Å². The quantitative estimate of drug-likeness (QED) is 0.820. The number of anilines is 1. The third kappa shape index (κ3) is 5.27. The van der Waals surface area contributed by atoms with Crippen molar-refractivity contribution in [2.24, 2.45) is 0 Å². The van der Waals surface area contributed by atoms with Crippen LogP contribution in [0, 0.1) is 0 Å². The molecule has 1 fully saturated rings. The molecule has 3 amide bonds. The van der Waals surface area contributed by atoms with Gasteiger partial charge < -0.3 is 9.80 Å². The number of carbonyl (C=O) groups excluding carboxylic acids is 2.